The minimum atomic E-state index is -5.49. The summed E-state index contributed by atoms with van der Waals surface area (Å²) in [7, 11) is 1.58. The smallest absolute Gasteiger partial charge is 0.201 e. The van der Waals surface area contributed by atoms with Gasteiger partial charge in [-0.1, -0.05) is 36.4 Å². The van der Waals surface area contributed by atoms with Gasteiger partial charge in [0.15, 0.2) is 6.20 Å². The van der Waals surface area contributed by atoms with Crippen molar-refractivity contribution in [3.8, 4) is 22.4 Å². The molecule has 0 unspecified atom stereocenters. The molecule has 36 heavy (non-hydrogen) atoms. The molecule has 1 nitrogen and oxygen atoms in total. The van der Waals surface area contributed by atoms with E-state index in [1.165, 1.54) is 30.5 Å². The van der Waals surface area contributed by atoms with Crippen LogP contribution in [-0.2, 0) is 19.8 Å². The molecule has 1 heterocycles. The Labute approximate surface area is 220 Å². The van der Waals surface area contributed by atoms with Gasteiger partial charge >= 0.3 is 12.4 Å². The van der Waals surface area contributed by atoms with E-state index in [1.807, 2.05) is 0 Å². The number of hydrogen-bond acceptors (Lipinski definition) is 0. The van der Waals surface area contributed by atoms with Crippen LogP contribution in [0.1, 0.15) is 41.5 Å². The highest BCUT2D eigenvalue weighted by Crippen LogP contribution is 2.34. The van der Waals surface area contributed by atoms with Crippen molar-refractivity contribution in [2.75, 3.05) is 0 Å². The highest BCUT2D eigenvalue weighted by atomic mass is 19.4. The Morgan fingerprint density at radius 3 is 2.00 bits per heavy atom. The number of aryl methyl sites for hydroxylation is 4. The first-order valence-corrected chi connectivity index (χ1v) is 10.6. The van der Waals surface area contributed by atoms with Gasteiger partial charge in [0.2, 0.25) is 5.69 Å². The molecule has 0 fully saturated rings. The molecule has 188 valence electrons. The molecule has 4 aromatic rings. The molecule has 0 saturated heterocycles. The number of rotatable bonds is 4. The largest absolute Gasteiger partial charge is 0.393 e. The van der Waals surface area contributed by atoms with Gasteiger partial charge in [0.1, 0.15) is 7.05 Å². The molecule has 0 N–H and O–H groups in total. The normalized spacial score (nSPS) is 18.0. The second kappa shape index (κ2) is 9.26. The third-order valence-corrected chi connectivity index (χ3v) is 5.61. The fourth-order valence-corrected chi connectivity index (χ4v) is 4.11. The van der Waals surface area contributed by atoms with Crippen LogP contribution >= 0.6 is 0 Å². The van der Waals surface area contributed by atoms with Gasteiger partial charge in [-0.3, -0.25) is 0 Å². The summed E-state index contributed by atoms with van der Waals surface area (Å²) in [6.07, 6.45) is -17.0. The van der Waals surface area contributed by atoms with Gasteiger partial charge in [0, 0.05) is 31.4 Å². The average Bonchev–Trinajstić information content (AvgIpc) is 2.90. The standard InChI is InChI=1S/C29H26F6N/c1-17-11-22-6-5-20(15-28(30,31)32)12-24(22)13-25(17)26-14-23(7-8-36(26)4)27-18(2)9-21(10-19(27)3)16-29(33,34)35/h5-14H,15-16H2,1-4H3/q+1/i2D3,3D3,15D2,16D2. The van der Waals surface area contributed by atoms with Crippen LogP contribution in [0.15, 0.2) is 60.8 Å². The van der Waals surface area contributed by atoms with Gasteiger partial charge in [-0.2, -0.15) is 26.3 Å². The van der Waals surface area contributed by atoms with E-state index in [2.05, 4.69) is 0 Å². The van der Waals surface area contributed by atoms with E-state index in [4.69, 9.17) is 13.7 Å². The zero-order valence-corrected chi connectivity index (χ0v) is 19.0. The first-order chi connectivity index (χ1) is 20.7. The SMILES string of the molecule is [2H]C([2H])([2H])c1cc(C([2H])([2H])C(F)(F)F)cc(C([2H])([2H])[2H])c1-c1cc[n+](C)c(-c2cc3cc(C([2H])([2H])C(F)(F)F)ccc3cc2C)c1. The summed E-state index contributed by atoms with van der Waals surface area (Å²) in [5.74, 6) is 0. The van der Waals surface area contributed by atoms with E-state index < -0.39 is 66.6 Å². The van der Waals surface area contributed by atoms with Crippen molar-refractivity contribution < 1.29 is 44.6 Å². The van der Waals surface area contributed by atoms with Gasteiger partial charge < -0.3 is 0 Å². The maximum Gasteiger partial charge on any atom is 0.393 e. The summed E-state index contributed by atoms with van der Waals surface area (Å²) in [5.41, 5.74) is -2.65. The molecule has 0 bridgehead atoms. The molecule has 0 atom stereocenters. The maximum absolute atomic E-state index is 13.6. The van der Waals surface area contributed by atoms with Crippen molar-refractivity contribution in [2.45, 2.75) is 45.7 Å². The molecule has 0 aliphatic heterocycles. The zero-order chi connectivity index (χ0) is 35.0. The van der Waals surface area contributed by atoms with Crippen molar-refractivity contribution in [1.82, 2.24) is 0 Å². The molecule has 7 heteroatoms. The number of halogens is 6. The number of hydrogen-bond donors (Lipinski definition) is 0. The average molecular weight is 513 g/mol. The first-order valence-electron chi connectivity index (χ1n) is 15.6. The fraction of sp³-hybridized carbons (Fsp3) is 0.276. The number of fused-ring (bicyclic) bond motifs is 1. The molecule has 3 aromatic carbocycles. The van der Waals surface area contributed by atoms with Crippen molar-refractivity contribution in [3.63, 3.8) is 0 Å². The van der Waals surface area contributed by atoms with Crippen molar-refractivity contribution >= 4 is 10.8 Å². The Kier molecular flexibility index (Phi) is 4.04. The van der Waals surface area contributed by atoms with Crippen LogP contribution in [0.2, 0.25) is 0 Å². The van der Waals surface area contributed by atoms with Crippen LogP contribution in [0.5, 0.6) is 0 Å². The topological polar surface area (TPSA) is 3.88 Å². The molecule has 4 rings (SSSR count). The van der Waals surface area contributed by atoms with Crippen molar-refractivity contribution in [3.05, 3.63) is 88.6 Å². The van der Waals surface area contributed by atoms with E-state index in [1.54, 1.807) is 24.6 Å². The van der Waals surface area contributed by atoms with Crippen LogP contribution < -0.4 is 4.57 Å². The van der Waals surface area contributed by atoms with E-state index >= 15 is 0 Å². The summed E-state index contributed by atoms with van der Waals surface area (Å²) in [4.78, 5) is 0. The van der Waals surface area contributed by atoms with Crippen molar-refractivity contribution in [1.29, 1.82) is 0 Å². The molecule has 0 saturated carbocycles. The predicted octanol–water partition coefficient (Wildman–Crippen LogP) is 8.13. The lowest BCUT2D eigenvalue weighted by Crippen LogP contribution is -2.30. The fourth-order valence-electron chi connectivity index (χ4n) is 4.11. The van der Waals surface area contributed by atoms with Gasteiger partial charge in [0.25, 0.3) is 0 Å². The summed E-state index contributed by atoms with van der Waals surface area (Å²) in [6.45, 7) is -4.68. The van der Waals surface area contributed by atoms with E-state index in [9.17, 15) is 26.3 Å². The molecular weight excluding hydrogens is 476 g/mol. The third-order valence-electron chi connectivity index (χ3n) is 5.61. The van der Waals surface area contributed by atoms with Crippen molar-refractivity contribution in [2.24, 2.45) is 7.05 Å². The Balaban J connectivity index is 2.03. The number of nitrogens with zero attached hydrogens (tertiary/aromatic N) is 1. The van der Waals surface area contributed by atoms with Gasteiger partial charge in [-0.15, -0.1) is 0 Å². The molecule has 0 aliphatic rings. The molecule has 1 aromatic heterocycles. The molecular formula is C29H26F6N+. The monoisotopic (exact) mass is 512 g/mol. The number of aromatic nitrogens is 1. The maximum atomic E-state index is 13.6. The van der Waals surface area contributed by atoms with Crippen LogP contribution in [0.3, 0.4) is 0 Å². The summed E-state index contributed by atoms with van der Waals surface area (Å²) in [6, 6.07) is 10.3. The van der Waals surface area contributed by atoms with Crippen LogP contribution in [0.4, 0.5) is 26.3 Å². The summed E-state index contributed by atoms with van der Waals surface area (Å²) in [5, 5.41) is 0.729. The predicted molar refractivity (Wildman–Crippen MR) is 130 cm³/mol. The zero-order valence-electron chi connectivity index (χ0n) is 29.0. The van der Waals surface area contributed by atoms with Crippen LogP contribution in [-0.4, -0.2) is 12.4 Å². The highest BCUT2D eigenvalue weighted by Gasteiger charge is 2.29. The number of benzene rings is 3. The minimum Gasteiger partial charge on any atom is -0.201 e. The van der Waals surface area contributed by atoms with E-state index in [-0.39, 0.29) is 10.9 Å². The lowest BCUT2D eigenvalue weighted by Gasteiger charge is -2.15. The van der Waals surface area contributed by atoms with Crippen LogP contribution in [0, 0.1) is 20.6 Å². The number of pyridine rings is 1. The lowest BCUT2D eigenvalue weighted by molar-refractivity contribution is -0.660. The van der Waals surface area contributed by atoms with Gasteiger partial charge in [-0.05, 0) is 76.4 Å². The number of alkyl halides is 6. The Bertz CT molecular complexity index is 1790. The third kappa shape index (κ3) is 5.72. The minimum absolute atomic E-state index is 0.0360. The van der Waals surface area contributed by atoms with E-state index in [0.29, 0.717) is 34.3 Å². The Morgan fingerprint density at radius 1 is 0.750 bits per heavy atom. The second-order valence-electron chi connectivity index (χ2n) is 8.33. The quantitative estimate of drug-likeness (QED) is 0.192. The molecule has 0 aliphatic carbocycles. The molecule has 0 radical (unpaired) electrons. The van der Waals surface area contributed by atoms with Gasteiger partial charge in [-0.25, -0.2) is 4.57 Å². The Morgan fingerprint density at radius 2 is 1.39 bits per heavy atom. The second-order valence-corrected chi connectivity index (χ2v) is 8.33. The van der Waals surface area contributed by atoms with E-state index in [0.717, 1.165) is 12.1 Å². The molecule has 0 amide bonds. The summed E-state index contributed by atoms with van der Waals surface area (Å²) >= 11 is 0. The first kappa shape index (κ1) is 15.7. The van der Waals surface area contributed by atoms with Crippen LogP contribution in [0.25, 0.3) is 33.2 Å². The Hall–Kier alpha value is -3.35. The summed E-state index contributed by atoms with van der Waals surface area (Å²) < 4.78 is 162. The highest BCUT2D eigenvalue weighted by molar-refractivity contribution is 5.89. The lowest BCUT2D eigenvalue weighted by atomic mass is 9.91. The van der Waals surface area contributed by atoms with Gasteiger partial charge in [0.05, 0.1) is 12.7 Å². The molecule has 0 spiro atoms.